The molecule has 0 saturated carbocycles. The van der Waals surface area contributed by atoms with E-state index in [0.717, 1.165) is 0 Å². The van der Waals surface area contributed by atoms with Crippen LogP contribution in [-0.4, -0.2) is 35.7 Å². The van der Waals surface area contributed by atoms with Gasteiger partial charge in [0.2, 0.25) is 0 Å². The molecular formula is C9H14N2O4. The molecule has 0 bridgehead atoms. The summed E-state index contributed by atoms with van der Waals surface area (Å²) in [5.41, 5.74) is 0. The number of carboxylic acid groups (broad SMARTS) is 1. The Balaban J connectivity index is 3.61. The summed E-state index contributed by atoms with van der Waals surface area (Å²) in [5.74, 6) is -1.34. The van der Waals surface area contributed by atoms with Crippen molar-refractivity contribution >= 4 is 17.5 Å². The van der Waals surface area contributed by atoms with Crippen LogP contribution in [-0.2, 0) is 14.4 Å². The van der Waals surface area contributed by atoms with Crippen molar-refractivity contribution in [3.05, 3.63) is 0 Å². The minimum Gasteiger partial charge on any atom is -0.481 e. The molecule has 0 aliphatic carbocycles. The van der Waals surface area contributed by atoms with Crippen LogP contribution < -0.4 is 0 Å². The van der Waals surface area contributed by atoms with Gasteiger partial charge in [-0.1, -0.05) is 6.92 Å². The van der Waals surface area contributed by atoms with E-state index >= 15 is 0 Å². The van der Waals surface area contributed by atoms with Gasteiger partial charge in [-0.25, -0.2) is 0 Å². The van der Waals surface area contributed by atoms with Crippen LogP contribution in [0.1, 0.15) is 26.2 Å². The summed E-state index contributed by atoms with van der Waals surface area (Å²) in [6.45, 7) is 1.56. The first-order chi connectivity index (χ1) is 7.06. The van der Waals surface area contributed by atoms with Gasteiger partial charge in [-0.2, -0.15) is 10.2 Å². The van der Waals surface area contributed by atoms with Crippen LogP contribution in [0.2, 0.25) is 0 Å². The zero-order valence-electron chi connectivity index (χ0n) is 8.60. The van der Waals surface area contributed by atoms with E-state index in [9.17, 15) is 14.4 Å². The molecule has 0 aromatic rings. The summed E-state index contributed by atoms with van der Waals surface area (Å²) < 4.78 is 0. The van der Waals surface area contributed by atoms with Crippen molar-refractivity contribution in [1.29, 1.82) is 0 Å². The highest BCUT2D eigenvalue weighted by Crippen LogP contribution is 1.92. The molecule has 1 N–H and O–H groups in total. The van der Waals surface area contributed by atoms with Gasteiger partial charge in [0.05, 0.1) is 6.42 Å². The van der Waals surface area contributed by atoms with Gasteiger partial charge in [0.15, 0.2) is 11.6 Å². The first-order valence-electron chi connectivity index (χ1n) is 4.64. The Bertz CT molecular complexity index is 273. The van der Waals surface area contributed by atoms with Gasteiger partial charge in [0.25, 0.3) is 0 Å². The Morgan fingerprint density at radius 2 is 1.53 bits per heavy atom. The molecule has 0 amide bonds. The van der Waals surface area contributed by atoms with E-state index in [2.05, 4.69) is 10.2 Å². The van der Waals surface area contributed by atoms with Gasteiger partial charge < -0.3 is 5.11 Å². The van der Waals surface area contributed by atoms with Crippen molar-refractivity contribution in [3.8, 4) is 0 Å². The van der Waals surface area contributed by atoms with Crippen LogP contribution in [0, 0.1) is 0 Å². The Labute approximate surface area is 87.4 Å². The van der Waals surface area contributed by atoms with E-state index in [1.807, 2.05) is 0 Å². The standard InChI is InChI=1S/C9H14N2O4/c1-2-7(12)5-10-11-6-8(13)3-4-9(14)15/h2-6H2,1H3,(H,14,15). The molecule has 0 aromatic carbocycles. The maximum Gasteiger partial charge on any atom is 0.303 e. The predicted molar refractivity (Wildman–Crippen MR) is 51.8 cm³/mol. The number of rotatable bonds is 8. The lowest BCUT2D eigenvalue weighted by atomic mass is 10.2. The van der Waals surface area contributed by atoms with Crippen LogP contribution in [0.25, 0.3) is 0 Å². The molecule has 0 atom stereocenters. The van der Waals surface area contributed by atoms with Gasteiger partial charge in [-0.3, -0.25) is 14.4 Å². The summed E-state index contributed by atoms with van der Waals surface area (Å²) in [7, 11) is 0. The molecule has 0 rings (SSSR count). The Morgan fingerprint density at radius 1 is 1.00 bits per heavy atom. The number of hydrogen-bond acceptors (Lipinski definition) is 5. The molecular weight excluding hydrogens is 200 g/mol. The third-order valence-electron chi connectivity index (χ3n) is 1.61. The zero-order valence-corrected chi connectivity index (χ0v) is 8.60. The highest BCUT2D eigenvalue weighted by atomic mass is 16.4. The second-order valence-corrected chi connectivity index (χ2v) is 2.92. The number of aliphatic carboxylic acids is 1. The Hall–Kier alpha value is -1.59. The van der Waals surface area contributed by atoms with Crippen LogP contribution in [0.4, 0.5) is 0 Å². The predicted octanol–water partition coefficient (Wildman–Crippen LogP) is 0.852. The molecule has 0 aromatic heterocycles. The summed E-state index contributed by atoms with van der Waals surface area (Å²) in [5, 5.41) is 15.3. The molecule has 6 heteroatoms. The molecule has 84 valence electrons. The van der Waals surface area contributed by atoms with Crippen LogP contribution in [0.3, 0.4) is 0 Å². The average Bonchev–Trinajstić information content (AvgIpc) is 2.21. The molecule has 0 aliphatic heterocycles. The average molecular weight is 214 g/mol. The van der Waals surface area contributed by atoms with E-state index in [0.29, 0.717) is 6.42 Å². The fourth-order valence-electron chi connectivity index (χ4n) is 0.695. The summed E-state index contributed by atoms with van der Waals surface area (Å²) in [6.07, 6.45) is 0.157. The molecule has 0 aliphatic rings. The lowest BCUT2D eigenvalue weighted by Gasteiger charge is -1.92. The van der Waals surface area contributed by atoms with Crippen molar-refractivity contribution in [3.63, 3.8) is 0 Å². The topological polar surface area (TPSA) is 96.2 Å². The summed E-state index contributed by atoms with van der Waals surface area (Å²) in [6, 6.07) is 0. The first-order valence-corrected chi connectivity index (χ1v) is 4.64. The highest BCUT2D eigenvalue weighted by molar-refractivity contribution is 5.84. The monoisotopic (exact) mass is 214 g/mol. The number of hydrogen-bond donors (Lipinski definition) is 1. The number of ketones is 2. The Kier molecular flexibility index (Phi) is 6.96. The van der Waals surface area contributed by atoms with E-state index < -0.39 is 5.97 Å². The SMILES string of the molecule is CCC(=O)CN=NCC(=O)CCC(=O)O. The maximum absolute atomic E-state index is 11.0. The Morgan fingerprint density at radius 3 is 2.00 bits per heavy atom. The van der Waals surface area contributed by atoms with Crippen molar-refractivity contribution in [1.82, 2.24) is 0 Å². The van der Waals surface area contributed by atoms with Gasteiger partial charge in [-0.05, 0) is 0 Å². The molecule has 0 unspecified atom stereocenters. The number of Topliss-reactive ketones (excluding diaryl/α,β-unsaturated/α-hetero) is 2. The fraction of sp³-hybridized carbons (Fsp3) is 0.667. The third kappa shape index (κ3) is 8.73. The first kappa shape index (κ1) is 13.4. The van der Waals surface area contributed by atoms with Crippen LogP contribution in [0.5, 0.6) is 0 Å². The van der Waals surface area contributed by atoms with Gasteiger partial charge in [0.1, 0.15) is 13.1 Å². The van der Waals surface area contributed by atoms with E-state index in [1.54, 1.807) is 6.92 Å². The smallest absolute Gasteiger partial charge is 0.303 e. The molecule has 0 fully saturated rings. The highest BCUT2D eigenvalue weighted by Gasteiger charge is 2.04. The third-order valence-corrected chi connectivity index (χ3v) is 1.61. The minimum absolute atomic E-state index is 0.0112. The minimum atomic E-state index is -1.01. The fourth-order valence-corrected chi connectivity index (χ4v) is 0.695. The normalized spacial score (nSPS) is 10.5. The van der Waals surface area contributed by atoms with E-state index in [4.69, 9.17) is 5.11 Å². The summed E-state index contributed by atoms with van der Waals surface area (Å²) in [4.78, 5) is 31.8. The van der Waals surface area contributed by atoms with Crippen molar-refractivity contribution in [2.24, 2.45) is 10.2 Å². The van der Waals surface area contributed by atoms with Gasteiger partial charge in [-0.15, -0.1) is 0 Å². The number of nitrogens with zero attached hydrogens (tertiary/aromatic N) is 2. The molecule has 0 saturated heterocycles. The van der Waals surface area contributed by atoms with Gasteiger partial charge in [0, 0.05) is 12.8 Å². The van der Waals surface area contributed by atoms with Crippen LogP contribution >= 0.6 is 0 Å². The molecule has 0 heterocycles. The largest absolute Gasteiger partial charge is 0.481 e. The number of carbonyl (C=O) groups is 3. The maximum atomic E-state index is 11.0. The lowest BCUT2D eigenvalue weighted by molar-refractivity contribution is -0.138. The molecule has 15 heavy (non-hydrogen) atoms. The number of carbonyl (C=O) groups excluding carboxylic acids is 2. The second kappa shape index (κ2) is 7.78. The van der Waals surface area contributed by atoms with Crippen molar-refractivity contribution in [2.75, 3.05) is 13.1 Å². The van der Waals surface area contributed by atoms with E-state index in [-0.39, 0.29) is 37.5 Å². The molecule has 0 radical (unpaired) electrons. The number of azo groups is 1. The quantitative estimate of drug-likeness (QED) is 0.606. The van der Waals surface area contributed by atoms with Crippen molar-refractivity contribution < 1.29 is 19.5 Å². The molecule has 6 nitrogen and oxygen atoms in total. The van der Waals surface area contributed by atoms with E-state index in [1.165, 1.54) is 0 Å². The summed E-state index contributed by atoms with van der Waals surface area (Å²) >= 11 is 0. The van der Waals surface area contributed by atoms with Gasteiger partial charge >= 0.3 is 5.97 Å². The number of carboxylic acids is 1. The molecule has 0 spiro atoms. The van der Waals surface area contributed by atoms with Crippen molar-refractivity contribution in [2.45, 2.75) is 26.2 Å². The zero-order chi connectivity index (χ0) is 11.7. The second-order valence-electron chi connectivity index (χ2n) is 2.92. The van der Waals surface area contributed by atoms with Crippen LogP contribution in [0.15, 0.2) is 10.2 Å². The lowest BCUT2D eigenvalue weighted by Crippen LogP contribution is -2.06.